The number of aliphatic hydroxyl groups excluding tert-OH is 2. The first-order valence-corrected chi connectivity index (χ1v) is 33.5. The third kappa shape index (κ3) is 13.2. The van der Waals surface area contributed by atoms with Crippen LogP contribution in [0.2, 0.25) is 0 Å². The summed E-state index contributed by atoms with van der Waals surface area (Å²) in [4.78, 5) is 21.9. The van der Waals surface area contributed by atoms with Crippen molar-refractivity contribution < 1.29 is 50.4 Å². The van der Waals surface area contributed by atoms with Gasteiger partial charge < -0.3 is 41.8 Å². The fraction of sp³-hybridized carbons (Fsp3) is 0.642. The monoisotopic (exact) mass is 1310 g/mol. The zero-order valence-electron chi connectivity index (χ0n) is 54.4. The molecule has 6 aliphatic carbocycles. The average Bonchev–Trinajstić information content (AvgIpc) is 1.57. The number of likely N-dealkylation sites (N-methyl/N-ethyl adjacent to an activating group) is 1. The molecule has 510 valence electrons. The lowest BCUT2D eigenvalue weighted by Crippen LogP contribution is -2.52. The standard InChI is InChI=1S/C23H31F3N6.2C22H29F2N5O2/c1-13(2)32-20(11-19(29-32)14-8-18(23(24,25)26)22(27)28-12-14)21-16-9-15(10-17(16)21)31-6-4-30(3)5-7-31;2*1-11(2)29-18(20-15-4-14(5-16(15)20)28-8-12(9-28)10-30)6-17(27-29)13-3-19(31-22(23)24)21(25)26-7-13/h8,11-13,15-17,21H,4-7,9-10H2,1-3H3,(H2,27,28);2*3,6-7,11-12,14-16,20,22,30H,4-5,8-10H2,1-2H3,(H2,25,26)/t15?,16-,17+,21?;2*14?,15-,16+,20?. The van der Waals surface area contributed by atoms with Gasteiger partial charge in [-0.05, 0) is 159 Å². The van der Waals surface area contributed by atoms with E-state index in [2.05, 4.69) is 114 Å². The number of alkyl halides is 7. The first kappa shape index (κ1) is 66.0. The van der Waals surface area contributed by atoms with Crippen molar-refractivity contribution in [3.05, 3.63) is 77.6 Å². The molecule has 0 bridgehead atoms. The number of ether oxygens (including phenoxy) is 2. The zero-order chi connectivity index (χ0) is 66.5. The molecule has 0 amide bonds. The van der Waals surface area contributed by atoms with Crippen molar-refractivity contribution in [2.24, 2.45) is 47.3 Å². The summed E-state index contributed by atoms with van der Waals surface area (Å²) < 4.78 is 106. The summed E-state index contributed by atoms with van der Waals surface area (Å²) in [6.07, 6.45) is 7.15. The van der Waals surface area contributed by atoms with Crippen molar-refractivity contribution in [3.8, 4) is 45.3 Å². The van der Waals surface area contributed by atoms with Crippen molar-refractivity contribution in [2.75, 3.05) is 89.8 Å². The first-order valence-electron chi connectivity index (χ1n) is 33.5. The Bertz CT molecular complexity index is 3460. The summed E-state index contributed by atoms with van der Waals surface area (Å²) >= 11 is 0. The van der Waals surface area contributed by atoms with Crippen molar-refractivity contribution in [1.82, 2.24) is 63.9 Å². The Morgan fingerprint density at radius 2 is 0.798 bits per heavy atom. The number of rotatable bonds is 18. The topological polar surface area (TPSA) is 242 Å². The van der Waals surface area contributed by atoms with Gasteiger partial charge in [0.25, 0.3) is 0 Å². The Kier molecular flexibility index (Phi) is 18.3. The van der Waals surface area contributed by atoms with Gasteiger partial charge in [-0.3, -0.25) is 28.7 Å². The van der Waals surface area contributed by atoms with Crippen LogP contribution in [-0.4, -0.2) is 178 Å². The third-order valence-corrected chi connectivity index (χ3v) is 21.9. The van der Waals surface area contributed by atoms with Gasteiger partial charge in [0, 0.05) is 184 Å². The van der Waals surface area contributed by atoms with E-state index in [4.69, 9.17) is 32.5 Å². The Balaban J connectivity index is 0.000000128. The number of likely N-dealkylation sites (tertiary alicyclic amines) is 2. The minimum absolute atomic E-state index is 0.0650. The zero-order valence-corrected chi connectivity index (χ0v) is 54.4. The largest absolute Gasteiger partial charge is 0.431 e. The van der Waals surface area contributed by atoms with Gasteiger partial charge in [-0.2, -0.15) is 46.0 Å². The highest BCUT2D eigenvalue weighted by Gasteiger charge is 2.62. The predicted molar refractivity (Wildman–Crippen MR) is 341 cm³/mol. The van der Waals surface area contributed by atoms with E-state index < -0.39 is 30.8 Å². The Morgan fingerprint density at radius 1 is 0.479 bits per heavy atom. The molecule has 6 aromatic rings. The molecule has 8 N–H and O–H groups in total. The van der Waals surface area contributed by atoms with Gasteiger partial charge in [0.15, 0.2) is 23.1 Å². The molecule has 0 radical (unpaired) electrons. The van der Waals surface area contributed by atoms with Crippen LogP contribution in [0.4, 0.5) is 48.2 Å². The van der Waals surface area contributed by atoms with E-state index in [1.165, 1.54) is 68.2 Å². The molecule has 3 aliphatic heterocycles. The van der Waals surface area contributed by atoms with Crippen molar-refractivity contribution >= 4 is 17.5 Å². The second kappa shape index (κ2) is 26.1. The Hall–Kier alpha value is -6.65. The molecular weight excluding hydrogens is 1230 g/mol. The molecule has 6 saturated carbocycles. The van der Waals surface area contributed by atoms with E-state index in [9.17, 15) is 40.9 Å². The van der Waals surface area contributed by atoms with Gasteiger partial charge in [-0.25, -0.2) is 15.0 Å². The predicted octanol–water partition coefficient (Wildman–Crippen LogP) is 10.1. The smallest absolute Gasteiger partial charge is 0.419 e. The average molecular weight is 1320 g/mol. The van der Waals surface area contributed by atoms with Gasteiger partial charge in [0.1, 0.15) is 5.82 Å². The number of aliphatic hydroxyl groups is 2. The molecule has 12 atom stereocenters. The summed E-state index contributed by atoms with van der Waals surface area (Å²) in [7, 11) is 2.18. The molecule has 0 aromatic carbocycles. The summed E-state index contributed by atoms with van der Waals surface area (Å²) in [5.74, 6) is 5.42. The molecule has 9 heterocycles. The lowest BCUT2D eigenvalue weighted by molar-refractivity contribution is -0.137. The van der Waals surface area contributed by atoms with Gasteiger partial charge in [0.2, 0.25) is 0 Å². The van der Waals surface area contributed by atoms with E-state index in [1.54, 1.807) is 12.4 Å². The second-order valence-electron chi connectivity index (χ2n) is 28.9. The number of fused-ring (bicyclic) bond motifs is 3. The molecule has 94 heavy (non-hydrogen) atoms. The van der Waals surface area contributed by atoms with Crippen LogP contribution in [0.5, 0.6) is 11.5 Å². The molecular formula is C67H89F7N16O4. The van der Waals surface area contributed by atoms with Gasteiger partial charge in [0.05, 0.1) is 22.6 Å². The van der Waals surface area contributed by atoms with Gasteiger partial charge in [-0.1, -0.05) is 0 Å². The van der Waals surface area contributed by atoms with Crippen LogP contribution in [0.1, 0.15) is 139 Å². The van der Waals surface area contributed by atoms with Crippen LogP contribution >= 0.6 is 0 Å². The van der Waals surface area contributed by atoms with Crippen LogP contribution in [-0.2, 0) is 6.18 Å². The number of hydrogen-bond acceptors (Lipinski definition) is 17. The van der Waals surface area contributed by atoms with Crippen LogP contribution in [0.25, 0.3) is 33.8 Å². The lowest BCUT2D eigenvalue weighted by atomic mass is 9.94. The minimum atomic E-state index is -4.54. The Labute approximate surface area is 543 Å². The van der Waals surface area contributed by atoms with E-state index in [-0.39, 0.29) is 41.3 Å². The van der Waals surface area contributed by atoms with Crippen molar-refractivity contribution in [2.45, 2.75) is 153 Å². The number of piperazine rings is 1. The number of aromatic nitrogens is 9. The summed E-state index contributed by atoms with van der Waals surface area (Å²) in [6.45, 7) is 15.8. The highest BCUT2D eigenvalue weighted by Crippen LogP contribution is 2.67. The molecule has 3 saturated heterocycles. The highest BCUT2D eigenvalue weighted by atomic mass is 19.4. The van der Waals surface area contributed by atoms with E-state index in [1.807, 2.05) is 10.7 Å². The van der Waals surface area contributed by atoms with Crippen LogP contribution < -0.4 is 26.7 Å². The van der Waals surface area contributed by atoms with Crippen LogP contribution in [0, 0.1) is 47.3 Å². The fourth-order valence-corrected chi connectivity index (χ4v) is 16.9. The van der Waals surface area contributed by atoms with E-state index in [0.29, 0.717) is 130 Å². The van der Waals surface area contributed by atoms with Crippen LogP contribution in [0.3, 0.4) is 0 Å². The second-order valence-corrected chi connectivity index (χ2v) is 28.9. The van der Waals surface area contributed by atoms with Crippen molar-refractivity contribution in [3.63, 3.8) is 0 Å². The maximum Gasteiger partial charge on any atom is 0.419 e. The third-order valence-electron chi connectivity index (χ3n) is 21.9. The molecule has 20 nitrogen and oxygen atoms in total. The number of hydrogen-bond donors (Lipinski definition) is 5. The summed E-state index contributed by atoms with van der Waals surface area (Å²) in [5.41, 5.74) is 23.0. The molecule has 9 aliphatic rings. The quantitative estimate of drug-likeness (QED) is 0.0503. The van der Waals surface area contributed by atoms with Crippen LogP contribution in [0.15, 0.2) is 55.0 Å². The van der Waals surface area contributed by atoms with Gasteiger partial charge >= 0.3 is 19.4 Å². The van der Waals surface area contributed by atoms with Gasteiger partial charge in [-0.15, -0.1) is 0 Å². The molecule has 6 unspecified atom stereocenters. The number of pyridine rings is 3. The molecule has 9 fully saturated rings. The van der Waals surface area contributed by atoms with Crippen molar-refractivity contribution in [1.29, 1.82) is 0 Å². The lowest BCUT2D eigenvalue weighted by Gasteiger charge is -2.43. The fourth-order valence-electron chi connectivity index (χ4n) is 16.9. The maximum absolute atomic E-state index is 13.3. The number of nitrogens with two attached hydrogens (primary N) is 3. The number of anilines is 3. The van der Waals surface area contributed by atoms with E-state index in [0.717, 1.165) is 64.1 Å². The minimum Gasteiger partial charge on any atom is -0.431 e. The van der Waals surface area contributed by atoms with E-state index >= 15 is 0 Å². The normalized spacial score (nSPS) is 28.5. The first-order chi connectivity index (χ1) is 44.8. The molecule has 15 rings (SSSR count). The molecule has 0 spiro atoms. The summed E-state index contributed by atoms with van der Waals surface area (Å²) in [5, 5.41) is 32.8. The number of halogens is 7. The molecule has 6 aromatic heterocycles. The Morgan fingerprint density at radius 3 is 1.11 bits per heavy atom. The SMILES string of the molecule is CC(C)n1nc(-c2cnc(N)c(C(F)(F)F)c2)cc1C1[C@H]2CC(N3CCN(C)CC3)C[C@@H]12.CC(C)n1nc(-c2cnc(N)c(OC(F)F)c2)cc1C1[C@H]2CC(N3CC(CO)C3)C[C@@H]12.CC(C)n1nc(-c2cnc(N)c(OC(F)F)c2)cc1C1[C@H]2CC(N3CC(CO)C3)C[C@@H]12. The maximum atomic E-state index is 13.3. The highest BCUT2D eigenvalue weighted by molar-refractivity contribution is 5.66. The summed E-state index contributed by atoms with van der Waals surface area (Å²) in [6, 6.07) is 12.6. The number of nitrogens with zero attached hydrogens (tertiary/aromatic N) is 13. The number of nitrogen functional groups attached to an aromatic ring is 3. The molecule has 27 heteroatoms.